The number of hydrogen-bond donors (Lipinski definition) is 1. The molecule has 6 heteroatoms. The summed E-state index contributed by atoms with van der Waals surface area (Å²) in [6, 6.07) is 4.76. The summed E-state index contributed by atoms with van der Waals surface area (Å²) in [6.07, 6.45) is 1.67. The Kier molecular flexibility index (Phi) is 5.68. The molecule has 0 unspecified atom stereocenters. The number of amides is 2. The van der Waals surface area contributed by atoms with Gasteiger partial charge in [-0.1, -0.05) is 13.0 Å². The Morgan fingerprint density at radius 1 is 1.33 bits per heavy atom. The van der Waals surface area contributed by atoms with Crippen LogP contribution in [0.1, 0.15) is 18.9 Å². The number of carbonyl (C=O) groups excluding carboxylic acids is 1. The van der Waals surface area contributed by atoms with E-state index in [4.69, 9.17) is 4.74 Å². The van der Waals surface area contributed by atoms with Crippen molar-refractivity contribution in [2.24, 2.45) is 5.92 Å². The van der Waals surface area contributed by atoms with Crippen LogP contribution >= 0.6 is 0 Å². The molecule has 2 fully saturated rings. The second kappa shape index (κ2) is 7.94. The monoisotopic (exact) mass is 335 g/mol. The number of rotatable bonds is 4. The smallest absolute Gasteiger partial charge is 0.321 e. The summed E-state index contributed by atoms with van der Waals surface area (Å²) < 4.78 is 19.2. The molecule has 3 rings (SSSR count). The lowest BCUT2D eigenvalue weighted by atomic mass is 10.1. The second-order valence-electron chi connectivity index (χ2n) is 6.60. The Balaban J connectivity index is 1.50. The number of halogens is 1. The summed E-state index contributed by atoms with van der Waals surface area (Å²) in [5.41, 5.74) is 1.19. The maximum Gasteiger partial charge on any atom is 0.321 e. The predicted octanol–water partition coefficient (Wildman–Crippen LogP) is 2.57. The Bertz CT molecular complexity index is 575. The van der Waals surface area contributed by atoms with Gasteiger partial charge in [0.15, 0.2) is 0 Å². The first kappa shape index (κ1) is 17.2. The molecule has 1 atom stereocenters. The van der Waals surface area contributed by atoms with Gasteiger partial charge in [0, 0.05) is 38.4 Å². The van der Waals surface area contributed by atoms with E-state index in [2.05, 4.69) is 10.2 Å². The number of nitrogens with zero attached hydrogens (tertiary/aromatic N) is 2. The summed E-state index contributed by atoms with van der Waals surface area (Å²) in [4.78, 5) is 16.6. The summed E-state index contributed by atoms with van der Waals surface area (Å²) in [5.74, 6) is 0.245. The van der Waals surface area contributed by atoms with E-state index < -0.39 is 0 Å². The lowest BCUT2D eigenvalue weighted by Gasteiger charge is -2.29. The molecular weight excluding hydrogens is 309 g/mol. The molecule has 1 aromatic carbocycles. The van der Waals surface area contributed by atoms with Crippen molar-refractivity contribution in [3.05, 3.63) is 29.6 Å². The van der Waals surface area contributed by atoms with Crippen LogP contribution in [0.15, 0.2) is 18.2 Å². The molecule has 0 spiro atoms. The Labute approximate surface area is 142 Å². The first-order chi connectivity index (χ1) is 11.7. The van der Waals surface area contributed by atoms with E-state index >= 15 is 0 Å². The molecule has 1 aromatic rings. The minimum Gasteiger partial charge on any atom is -0.379 e. The fraction of sp³-hybridized carbons (Fsp3) is 0.611. The van der Waals surface area contributed by atoms with E-state index in [1.807, 2.05) is 11.8 Å². The molecule has 0 radical (unpaired) electrons. The Morgan fingerprint density at radius 2 is 2.12 bits per heavy atom. The standard InChI is InChI=1S/C18H26FN3O2/c1-2-15-3-4-16(11-17(15)19)20-18(23)22-6-5-14(13-22)12-21-7-9-24-10-8-21/h3-4,11,14H,2,5-10,12-13H2,1H3,(H,20,23)/t14-/m0/s1. The van der Waals surface area contributed by atoms with Crippen molar-refractivity contribution in [2.75, 3.05) is 51.3 Å². The predicted molar refractivity (Wildman–Crippen MR) is 91.7 cm³/mol. The van der Waals surface area contributed by atoms with Gasteiger partial charge in [-0.05, 0) is 36.5 Å². The number of carbonyl (C=O) groups is 1. The van der Waals surface area contributed by atoms with E-state index in [-0.39, 0.29) is 11.8 Å². The topological polar surface area (TPSA) is 44.8 Å². The third-order valence-electron chi connectivity index (χ3n) is 4.88. The van der Waals surface area contributed by atoms with Gasteiger partial charge in [0.2, 0.25) is 0 Å². The fourth-order valence-electron chi connectivity index (χ4n) is 3.43. The number of likely N-dealkylation sites (tertiary alicyclic amines) is 1. The van der Waals surface area contributed by atoms with Crippen LogP contribution in [0.4, 0.5) is 14.9 Å². The molecule has 2 aliphatic heterocycles. The van der Waals surface area contributed by atoms with Crippen LogP contribution in [0.25, 0.3) is 0 Å². The van der Waals surface area contributed by atoms with Gasteiger partial charge in [-0.25, -0.2) is 9.18 Å². The zero-order valence-corrected chi connectivity index (χ0v) is 14.3. The van der Waals surface area contributed by atoms with Gasteiger partial charge >= 0.3 is 6.03 Å². The van der Waals surface area contributed by atoms with E-state index in [1.54, 1.807) is 12.1 Å². The van der Waals surface area contributed by atoms with Crippen molar-refractivity contribution in [3.63, 3.8) is 0 Å². The van der Waals surface area contributed by atoms with Crippen LogP contribution in [0.2, 0.25) is 0 Å². The number of benzene rings is 1. The van der Waals surface area contributed by atoms with Crippen LogP contribution in [-0.2, 0) is 11.2 Å². The molecule has 24 heavy (non-hydrogen) atoms. The summed E-state index contributed by atoms with van der Waals surface area (Å²) >= 11 is 0. The van der Waals surface area contributed by atoms with E-state index in [0.717, 1.165) is 52.4 Å². The highest BCUT2D eigenvalue weighted by Gasteiger charge is 2.28. The summed E-state index contributed by atoms with van der Waals surface area (Å²) in [7, 11) is 0. The normalized spacial score (nSPS) is 21.9. The number of nitrogens with one attached hydrogen (secondary N) is 1. The SMILES string of the molecule is CCc1ccc(NC(=O)N2CC[C@@H](CN3CCOCC3)C2)cc1F. The van der Waals surface area contributed by atoms with Crippen molar-refractivity contribution in [3.8, 4) is 0 Å². The third-order valence-corrected chi connectivity index (χ3v) is 4.88. The number of aryl methyl sites for hydroxylation is 1. The molecule has 2 amide bonds. The molecule has 2 saturated heterocycles. The van der Waals surface area contributed by atoms with Crippen molar-refractivity contribution in [1.29, 1.82) is 0 Å². The van der Waals surface area contributed by atoms with Crippen LogP contribution in [0, 0.1) is 11.7 Å². The minimum atomic E-state index is -0.262. The highest BCUT2D eigenvalue weighted by Crippen LogP contribution is 2.20. The zero-order valence-electron chi connectivity index (χ0n) is 14.3. The molecule has 2 heterocycles. The van der Waals surface area contributed by atoms with E-state index in [9.17, 15) is 9.18 Å². The van der Waals surface area contributed by atoms with Gasteiger partial charge < -0.3 is 15.0 Å². The maximum atomic E-state index is 13.8. The molecule has 0 aromatic heterocycles. The third kappa shape index (κ3) is 4.24. The molecule has 2 aliphatic rings. The quantitative estimate of drug-likeness (QED) is 0.920. The zero-order chi connectivity index (χ0) is 16.9. The highest BCUT2D eigenvalue weighted by molar-refractivity contribution is 5.89. The highest BCUT2D eigenvalue weighted by atomic mass is 19.1. The average molecular weight is 335 g/mol. The van der Waals surface area contributed by atoms with Crippen molar-refractivity contribution in [1.82, 2.24) is 9.80 Å². The molecule has 132 valence electrons. The first-order valence-corrected chi connectivity index (χ1v) is 8.80. The second-order valence-corrected chi connectivity index (χ2v) is 6.60. The van der Waals surface area contributed by atoms with Gasteiger partial charge in [0.25, 0.3) is 0 Å². The Morgan fingerprint density at radius 3 is 2.83 bits per heavy atom. The van der Waals surface area contributed by atoms with Gasteiger partial charge in [-0.15, -0.1) is 0 Å². The number of anilines is 1. The largest absolute Gasteiger partial charge is 0.379 e. The first-order valence-electron chi connectivity index (χ1n) is 8.80. The molecular formula is C18H26FN3O2. The lowest BCUT2D eigenvalue weighted by molar-refractivity contribution is 0.0314. The molecule has 5 nitrogen and oxygen atoms in total. The van der Waals surface area contributed by atoms with Crippen molar-refractivity contribution >= 4 is 11.7 Å². The van der Waals surface area contributed by atoms with E-state index in [0.29, 0.717) is 23.6 Å². The number of hydrogen-bond acceptors (Lipinski definition) is 3. The lowest BCUT2D eigenvalue weighted by Crippen LogP contribution is -2.40. The van der Waals surface area contributed by atoms with Crippen LogP contribution in [0.3, 0.4) is 0 Å². The molecule has 0 aliphatic carbocycles. The summed E-state index contributed by atoms with van der Waals surface area (Å²) in [5, 5.41) is 2.81. The maximum absolute atomic E-state index is 13.8. The summed E-state index contributed by atoms with van der Waals surface area (Å²) in [6.45, 7) is 8.02. The van der Waals surface area contributed by atoms with Gasteiger partial charge in [-0.3, -0.25) is 4.90 Å². The van der Waals surface area contributed by atoms with Crippen LogP contribution in [-0.4, -0.2) is 61.8 Å². The molecule has 0 bridgehead atoms. The average Bonchev–Trinajstić information content (AvgIpc) is 3.04. The van der Waals surface area contributed by atoms with Gasteiger partial charge in [-0.2, -0.15) is 0 Å². The fourth-order valence-corrected chi connectivity index (χ4v) is 3.43. The number of ether oxygens (including phenoxy) is 1. The Hall–Kier alpha value is -1.66. The molecule has 1 N–H and O–H groups in total. The molecule has 0 saturated carbocycles. The number of morpholine rings is 1. The van der Waals surface area contributed by atoms with Gasteiger partial charge in [0.1, 0.15) is 5.82 Å². The minimum absolute atomic E-state index is 0.136. The number of urea groups is 1. The van der Waals surface area contributed by atoms with Gasteiger partial charge in [0.05, 0.1) is 13.2 Å². The van der Waals surface area contributed by atoms with E-state index in [1.165, 1.54) is 6.07 Å². The van der Waals surface area contributed by atoms with Crippen LogP contribution in [0.5, 0.6) is 0 Å². The van der Waals surface area contributed by atoms with Crippen molar-refractivity contribution < 1.29 is 13.9 Å². The van der Waals surface area contributed by atoms with Crippen molar-refractivity contribution in [2.45, 2.75) is 19.8 Å². The van der Waals surface area contributed by atoms with Crippen LogP contribution < -0.4 is 5.32 Å².